The number of hydrogen-bond donors (Lipinski definition) is 1. The lowest BCUT2D eigenvalue weighted by molar-refractivity contribution is 0.457. The molecule has 0 bridgehead atoms. The van der Waals surface area contributed by atoms with Gasteiger partial charge < -0.3 is 5.73 Å². The lowest BCUT2D eigenvalue weighted by Gasteiger charge is -2.15. The van der Waals surface area contributed by atoms with E-state index in [1.165, 1.54) is 6.07 Å². The van der Waals surface area contributed by atoms with Crippen LogP contribution in [0.4, 0.5) is 4.39 Å². The van der Waals surface area contributed by atoms with Crippen molar-refractivity contribution in [1.82, 2.24) is 0 Å². The van der Waals surface area contributed by atoms with Crippen molar-refractivity contribution < 1.29 is 4.39 Å². The molecule has 0 amide bonds. The Kier molecular flexibility index (Phi) is 3.35. The molecule has 1 saturated carbocycles. The Morgan fingerprint density at radius 2 is 1.83 bits per heavy atom. The summed E-state index contributed by atoms with van der Waals surface area (Å²) in [6.07, 6.45) is 0.718. The smallest absolute Gasteiger partial charge is 0.137 e. The zero-order valence-electron chi connectivity index (χ0n) is 11.4. The standard InChI is InChI=1S/C15H21BrFN/c1-14(2)13(15(14,3)4)11(18)8-9-6-5-7-10(17)12(9)16/h5-7,11,13H,8,18H2,1-4H3. The van der Waals surface area contributed by atoms with Crippen LogP contribution in [0.5, 0.6) is 0 Å². The Balaban J connectivity index is 2.14. The van der Waals surface area contributed by atoms with E-state index in [2.05, 4.69) is 43.6 Å². The molecular weight excluding hydrogens is 293 g/mol. The van der Waals surface area contributed by atoms with E-state index < -0.39 is 0 Å². The predicted molar refractivity (Wildman–Crippen MR) is 76.8 cm³/mol. The minimum absolute atomic E-state index is 0.0769. The van der Waals surface area contributed by atoms with Crippen LogP contribution < -0.4 is 5.73 Å². The number of rotatable bonds is 3. The fraction of sp³-hybridized carbons (Fsp3) is 0.600. The first kappa shape index (κ1) is 14.0. The van der Waals surface area contributed by atoms with Crippen LogP contribution in [0.1, 0.15) is 33.3 Å². The van der Waals surface area contributed by atoms with Gasteiger partial charge in [-0.1, -0.05) is 39.8 Å². The van der Waals surface area contributed by atoms with Crippen LogP contribution >= 0.6 is 15.9 Å². The minimum Gasteiger partial charge on any atom is -0.327 e. The third-order valence-corrected chi connectivity index (χ3v) is 5.94. The molecule has 0 aliphatic heterocycles. The van der Waals surface area contributed by atoms with E-state index in [4.69, 9.17) is 5.73 Å². The number of hydrogen-bond acceptors (Lipinski definition) is 1. The van der Waals surface area contributed by atoms with Crippen LogP contribution in [-0.2, 0) is 6.42 Å². The van der Waals surface area contributed by atoms with E-state index in [-0.39, 0.29) is 22.7 Å². The van der Waals surface area contributed by atoms with E-state index in [0.717, 1.165) is 12.0 Å². The average molecular weight is 314 g/mol. The van der Waals surface area contributed by atoms with Gasteiger partial charge >= 0.3 is 0 Å². The fourth-order valence-electron chi connectivity index (χ4n) is 3.40. The van der Waals surface area contributed by atoms with Gasteiger partial charge in [0.15, 0.2) is 0 Å². The number of benzene rings is 1. The second-order valence-electron chi connectivity index (χ2n) is 6.50. The SMILES string of the molecule is CC1(C)C(C(N)Cc2cccc(F)c2Br)C1(C)C. The van der Waals surface area contributed by atoms with E-state index in [9.17, 15) is 4.39 Å². The number of nitrogens with two attached hydrogens (primary N) is 1. The third-order valence-electron chi connectivity index (χ3n) is 5.05. The van der Waals surface area contributed by atoms with E-state index in [1.807, 2.05) is 6.07 Å². The van der Waals surface area contributed by atoms with Crippen molar-refractivity contribution in [2.45, 2.75) is 40.2 Å². The maximum Gasteiger partial charge on any atom is 0.137 e. The third kappa shape index (κ3) is 2.01. The van der Waals surface area contributed by atoms with Crippen LogP contribution in [-0.4, -0.2) is 6.04 Å². The summed E-state index contributed by atoms with van der Waals surface area (Å²) in [5, 5.41) is 0. The van der Waals surface area contributed by atoms with E-state index in [1.54, 1.807) is 6.07 Å². The van der Waals surface area contributed by atoms with E-state index >= 15 is 0 Å². The quantitative estimate of drug-likeness (QED) is 0.891. The summed E-state index contributed by atoms with van der Waals surface area (Å²) in [7, 11) is 0. The van der Waals surface area contributed by atoms with Crippen molar-refractivity contribution >= 4 is 15.9 Å². The summed E-state index contributed by atoms with van der Waals surface area (Å²) < 4.78 is 14.0. The first-order valence-electron chi connectivity index (χ1n) is 6.38. The molecule has 1 fully saturated rings. The van der Waals surface area contributed by atoms with Gasteiger partial charge in [-0.25, -0.2) is 4.39 Å². The van der Waals surface area contributed by atoms with Crippen LogP contribution in [0, 0.1) is 22.6 Å². The molecular formula is C15H21BrFN. The molecule has 100 valence electrons. The molecule has 18 heavy (non-hydrogen) atoms. The van der Waals surface area contributed by atoms with Crippen LogP contribution in [0.15, 0.2) is 22.7 Å². The highest BCUT2D eigenvalue weighted by atomic mass is 79.9. The average Bonchev–Trinajstić information content (AvgIpc) is 2.65. The molecule has 0 aromatic heterocycles. The normalized spacial score (nSPS) is 22.8. The van der Waals surface area contributed by atoms with Crippen molar-refractivity contribution in [2.75, 3.05) is 0 Å². The van der Waals surface area contributed by atoms with Crippen molar-refractivity contribution in [3.05, 3.63) is 34.1 Å². The summed E-state index contributed by atoms with van der Waals surface area (Å²) in [4.78, 5) is 0. The Bertz CT molecular complexity index is 454. The largest absolute Gasteiger partial charge is 0.327 e. The van der Waals surface area contributed by atoms with Gasteiger partial charge in [0.1, 0.15) is 5.82 Å². The van der Waals surface area contributed by atoms with Gasteiger partial charge in [-0.2, -0.15) is 0 Å². The summed E-state index contributed by atoms with van der Waals surface area (Å²) in [5.41, 5.74) is 7.84. The molecule has 1 aromatic carbocycles. The molecule has 2 N–H and O–H groups in total. The zero-order chi connectivity index (χ0) is 13.7. The Labute approximate surface area is 117 Å². The summed E-state index contributed by atoms with van der Waals surface area (Å²) in [6, 6.07) is 5.22. The highest BCUT2D eigenvalue weighted by Crippen LogP contribution is 2.69. The van der Waals surface area contributed by atoms with Gasteiger partial charge in [0.25, 0.3) is 0 Å². The minimum atomic E-state index is -0.214. The van der Waals surface area contributed by atoms with Gasteiger partial charge in [0, 0.05) is 6.04 Å². The van der Waals surface area contributed by atoms with Gasteiger partial charge in [-0.05, 0) is 50.7 Å². The molecule has 1 atom stereocenters. The molecule has 1 nitrogen and oxygen atoms in total. The van der Waals surface area contributed by atoms with E-state index in [0.29, 0.717) is 10.4 Å². The predicted octanol–water partition coefficient (Wildman–Crippen LogP) is 4.14. The van der Waals surface area contributed by atoms with Crippen LogP contribution in [0.3, 0.4) is 0 Å². The van der Waals surface area contributed by atoms with Gasteiger partial charge in [0.2, 0.25) is 0 Å². The van der Waals surface area contributed by atoms with Gasteiger partial charge in [-0.15, -0.1) is 0 Å². The first-order valence-corrected chi connectivity index (χ1v) is 7.17. The molecule has 1 aromatic rings. The maximum absolute atomic E-state index is 13.5. The zero-order valence-corrected chi connectivity index (χ0v) is 13.0. The summed E-state index contributed by atoms with van der Waals surface area (Å²) in [5.74, 6) is 0.272. The first-order chi connectivity index (χ1) is 8.19. The maximum atomic E-state index is 13.5. The number of halogens is 2. The molecule has 0 heterocycles. The van der Waals surface area contributed by atoms with Crippen LogP contribution in [0.25, 0.3) is 0 Å². The van der Waals surface area contributed by atoms with Gasteiger partial charge in [-0.3, -0.25) is 0 Å². The summed E-state index contributed by atoms with van der Waals surface area (Å²) in [6.45, 7) is 9.05. The molecule has 3 heteroatoms. The molecule has 1 aliphatic carbocycles. The van der Waals surface area contributed by atoms with Gasteiger partial charge in [0.05, 0.1) is 4.47 Å². The monoisotopic (exact) mass is 313 g/mol. The molecule has 2 rings (SSSR count). The van der Waals surface area contributed by atoms with Crippen molar-refractivity contribution in [2.24, 2.45) is 22.5 Å². The lowest BCUT2D eigenvalue weighted by Crippen LogP contribution is -2.28. The fourth-order valence-corrected chi connectivity index (χ4v) is 3.82. The Hall–Kier alpha value is -0.410. The van der Waals surface area contributed by atoms with Crippen molar-refractivity contribution in [3.63, 3.8) is 0 Å². The van der Waals surface area contributed by atoms with Crippen molar-refractivity contribution in [3.8, 4) is 0 Å². The topological polar surface area (TPSA) is 26.0 Å². The molecule has 0 spiro atoms. The highest BCUT2D eigenvalue weighted by molar-refractivity contribution is 9.10. The second-order valence-corrected chi connectivity index (χ2v) is 7.29. The summed E-state index contributed by atoms with van der Waals surface area (Å²) >= 11 is 3.30. The van der Waals surface area contributed by atoms with Crippen molar-refractivity contribution in [1.29, 1.82) is 0 Å². The highest BCUT2D eigenvalue weighted by Gasteiger charge is 2.66. The molecule has 1 aliphatic rings. The molecule has 0 saturated heterocycles. The Morgan fingerprint density at radius 3 is 2.33 bits per heavy atom. The molecule has 0 radical (unpaired) electrons. The molecule has 1 unspecified atom stereocenters. The lowest BCUT2D eigenvalue weighted by atomic mass is 9.98. The van der Waals surface area contributed by atoms with Crippen LogP contribution in [0.2, 0.25) is 0 Å². The Morgan fingerprint density at radius 1 is 1.28 bits per heavy atom. The second kappa shape index (κ2) is 4.31.